The van der Waals surface area contributed by atoms with Crippen molar-refractivity contribution in [2.45, 2.75) is 6.10 Å². The molecule has 4 heteroatoms. The van der Waals surface area contributed by atoms with Crippen LogP contribution >= 0.6 is 11.6 Å². The molecule has 3 nitrogen and oxygen atoms in total. The van der Waals surface area contributed by atoms with Crippen molar-refractivity contribution < 1.29 is 14.3 Å². The van der Waals surface area contributed by atoms with Crippen molar-refractivity contribution in [3.8, 4) is 0 Å². The van der Waals surface area contributed by atoms with Crippen molar-refractivity contribution in [1.29, 1.82) is 0 Å². The number of hydrogen-bond acceptors (Lipinski definition) is 3. The Kier molecular flexibility index (Phi) is 5.88. The maximum Gasteiger partial charge on any atom is 0.330 e. The van der Waals surface area contributed by atoms with Gasteiger partial charge in [0.05, 0.1) is 19.1 Å². The highest BCUT2D eigenvalue weighted by Crippen LogP contribution is 1.95. The normalized spacial score (nSPS) is 13.4. The topological polar surface area (TPSA) is 35.5 Å². The zero-order chi connectivity index (χ0) is 8.69. The van der Waals surface area contributed by atoms with Crippen molar-refractivity contribution in [3.05, 3.63) is 12.2 Å². The molecule has 0 heterocycles. The molecule has 0 saturated heterocycles. The third-order valence-electron chi connectivity index (χ3n) is 1.10. The monoisotopic (exact) mass is 178 g/mol. The molecule has 0 bridgehead atoms. The van der Waals surface area contributed by atoms with Crippen LogP contribution in [0.4, 0.5) is 0 Å². The van der Waals surface area contributed by atoms with Crippen LogP contribution in [0.1, 0.15) is 0 Å². The third kappa shape index (κ3) is 4.81. The highest BCUT2D eigenvalue weighted by atomic mass is 35.5. The maximum absolute atomic E-state index is 10.5. The molecule has 1 unspecified atom stereocenters. The summed E-state index contributed by atoms with van der Waals surface area (Å²) in [5.41, 5.74) is 0. The number of carbonyl (C=O) groups is 1. The van der Waals surface area contributed by atoms with Gasteiger partial charge in [0.1, 0.15) is 0 Å². The van der Waals surface area contributed by atoms with Crippen LogP contribution in [0.3, 0.4) is 0 Å². The first kappa shape index (κ1) is 10.5. The standard InChI is InChI=1S/C7H11ClO3/c1-10-6(5-8)3-4-7(9)11-2/h3-4,6H,5H2,1-2H3. The summed E-state index contributed by atoms with van der Waals surface area (Å²) in [5, 5.41) is 0. The quantitative estimate of drug-likeness (QED) is 0.366. The van der Waals surface area contributed by atoms with Gasteiger partial charge in [-0.3, -0.25) is 0 Å². The second kappa shape index (κ2) is 6.19. The van der Waals surface area contributed by atoms with Gasteiger partial charge < -0.3 is 9.47 Å². The van der Waals surface area contributed by atoms with Gasteiger partial charge in [-0.1, -0.05) is 0 Å². The van der Waals surface area contributed by atoms with Crippen molar-refractivity contribution in [2.24, 2.45) is 0 Å². The minimum atomic E-state index is -0.405. The van der Waals surface area contributed by atoms with Gasteiger partial charge in [-0.25, -0.2) is 4.79 Å². The molecule has 11 heavy (non-hydrogen) atoms. The summed E-state index contributed by atoms with van der Waals surface area (Å²) in [6.45, 7) is 0. The SMILES string of the molecule is COC(=O)C=CC(CCl)OC. The second-order valence-electron chi connectivity index (χ2n) is 1.81. The Morgan fingerprint density at radius 2 is 2.27 bits per heavy atom. The second-order valence-corrected chi connectivity index (χ2v) is 2.12. The van der Waals surface area contributed by atoms with Crippen LogP contribution in [-0.2, 0) is 14.3 Å². The molecule has 0 aromatic rings. The first-order valence-corrected chi connectivity index (χ1v) is 3.63. The van der Waals surface area contributed by atoms with Crippen molar-refractivity contribution in [3.63, 3.8) is 0 Å². The predicted molar refractivity (Wildman–Crippen MR) is 42.7 cm³/mol. The van der Waals surface area contributed by atoms with Crippen molar-refractivity contribution in [2.75, 3.05) is 20.1 Å². The molecule has 0 amide bonds. The smallest absolute Gasteiger partial charge is 0.330 e. The molecule has 0 radical (unpaired) electrons. The minimum absolute atomic E-state index is 0.226. The Morgan fingerprint density at radius 1 is 1.64 bits per heavy atom. The van der Waals surface area contributed by atoms with Crippen LogP contribution in [0.15, 0.2) is 12.2 Å². The molecule has 0 aromatic heterocycles. The van der Waals surface area contributed by atoms with Crippen molar-refractivity contribution in [1.82, 2.24) is 0 Å². The van der Waals surface area contributed by atoms with E-state index in [9.17, 15) is 4.79 Å². The molecule has 0 saturated carbocycles. The van der Waals surface area contributed by atoms with E-state index < -0.39 is 5.97 Å². The molecule has 1 atom stereocenters. The maximum atomic E-state index is 10.5. The van der Waals surface area contributed by atoms with Gasteiger partial charge >= 0.3 is 5.97 Å². The Balaban J connectivity index is 3.78. The van der Waals surface area contributed by atoms with E-state index in [1.807, 2.05) is 0 Å². The minimum Gasteiger partial charge on any atom is -0.466 e. The molecular formula is C7H11ClO3. The van der Waals surface area contributed by atoms with Crippen LogP contribution in [0.2, 0.25) is 0 Å². The lowest BCUT2D eigenvalue weighted by Crippen LogP contribution is -2.09. The molecule has 0 rings (SSSR count). The van der Waals surface area contributed by atoms with Crippen LogP contribution < -0.4 is 0 Å². The fourth-order valence-corrected chi connectivity index (χ4v) is 0.676. The Labute approximate surface area is 70.9 Å². The lowest BCUT2D eigenvalue weighted by Gasteiger charge is -2.03. The number of carbonyl (C=O) groups excluding carboxylic acids is 1. The van der Waals surface area contributed by atoms with Crippen LogP contribution in [0, 0.1) is 0 Å². The average Bonchev–Trinajstić information content (AvgIpc) is 2.06. The van der Waals surface area contributed by atoms with E-state index in [0.29, 0.717) is 5.88 Å². The molecule has 0 aliphatic rings. The van der Waals surface area contributed by atoms with E-state index in [2.05, 4.69) is 4.74 Å². The highest BCUT2D eigenvalue weighted by Gasteiger charge is 2.00. The lowest BCUT2D eigenvalue weighted by molar-refractivity contribution is -0.134. The van der Waals surface area contributed by atoms with Gasteiger partial charge in [-0.15, -0.1) is 11.6 Å². The third-order valence-corrected chi connectivity index (χ3v) is 1.41. The fourth-order valence-electron chi connectivity index (χ4n) is 0.447. The van der Waals surface area contributed by atoms with E-state index in [4.69, 9.17) is 16.3 Å². The van der Waals surface area contributed by atoms with E-state index in [1.165, 1.54) is 20.3 Å². The lowest BCUT2D eigenvalue weighted by atomic mass is 10.3. The van der Waals surface area contributed by atoms with Crippen LogP contribution in [0.5, 0.6) is 0 Å². The summed E-state index contributed by atoms with van der Waals surface area (Å²) in [7, 11) is 2.84. The number of ether oxygens (including phenoxy) is 2. The predicted octanol–water partition coefficient (Wildman–Crippen LogP) is 0.969. The number of hydrogen-bond donors (Lipinski definition) is 0. The number of methoxy groups -OCH3 is 2. The molecule has 0 aromatic carbocycles. The number of esters is 1. The van der Waals surface area contributed by atoms with Gasteiger partial charge in [0, 0.05) is 13.2 Å². The van der Waals surface area contributed by atoms with Gasteiger partial charge in [0.2, 0.25) is 0 Å². The molecule has 0 aliphatic heterocycles. The largest absolute Gasteiger partial charge is 0.466 e. The summed E-state index contributed by atoms with van der Waals surface area (Å²) >= 11 is 5.47. The average molecular weight is 179 g/mol. The molecular weight excluding hydrogens is 168 g/mol. The van der Waals surface area contributed by atoms with Gasteiger partial charge in [-0.05, 0) is 6.08 Å². The first-order valence-electron chi connectivity index (χ1n) is 3.09. The van der Waals surface area contributed by atoms with E-state index in [0.717, 1.165) is 0 Å². The Hall–Kier alpha value is -0.540. The van der Waals surface area contributed by atoms with Crippen LogP contribution in [0.25, 0.3) is 0 Å². The van der Waals surface area contributed by atoms with Gasteiger partial charge in [-0.2, -0.15) is 0 Å². The van der Waals surface area contributed by atoms with E-state index >= 15 is 0 Å². The Bertz CT molecular complexity index is 141. The summed E-state index contributed by atoms with van der Waals surface area (Å²) in [6.07, 6.45) is 2.62. The molecule has 64 valence electrons. The summed E-state index contributed by atoms with van der Waals surface area (Å²) < 4.78 is 9.23. The number of alkyl halides is 1. The summed E-state index contributed by atoms with van der Waals surface area (Å²) in [5.74, 6) is -0.0820. The zero-order valence-corrected chi connectivity index (χ0v) is 7.30. The molecule has 0 N–H and O–H groups in total. The van der Waals surface area contributed by atoms with Gasteiger partial charge in [0.25, 0.3) is 0 Å². The van der Waals surface area contributed by atoms with Crippen molar-refractivity contribution >= 4 is 17.6 Å². The summed E-state index contributed by atoms with van der Waals surface area (Å²) in [4.78, 5) is 10.5. The van der Waals surface area contributed by atoms with Gasteiger partial charge in [0.15, 0.2) is 0 Å². The molecule has 0 aliphatic carbocycles. The molecule has 0 spiro atoms. The molecule has 0 fully saturated rings. The first-order chi connectivity index (χ1) is 5.24. The Morgan fingerprint density at radius 3 is 2.64 bits per heavy atom. The van der Waals surface area contributed by atoms with E-state index in [1.54, 1.807) is 6.08 Å². The van der Waals surface area contributed by atoms with Crippen LogP contribution in [-0.4, -0.2) is 32.2 Å². The van der Waals surface area contributed by atoms with E-state index in [-0.39, 0.29) is 6.10 Å². The zero-order valence-electron chi connectivity index (χ0n) is 6.54. The fraction of sp³-hybridized carbons (Fsp3) is 0.571. The summed E-state index contributed by atoms with van der Waals surface area (Å²) in [6, 6.07) is 0. The number of rotatable bonds is 4. The number of halogens is 1. The highest BCUT2D eigenvalue weighted by molar-refractivity contribution is 6.18.